The van der Waals surface area contributed by atoms with Gasteiger partial charge < -0.3 is 106 Å². The van der Waals surface area contributed by atoms with Gasteiger partial charge in [0.25, 0.3) is 0 Å². The summed E-state index contributed by atoms with van der Waals surface area (Å²) in [4.78, 5) is 230. The molecular weight excluding hydrogens is 1660 g/mol. The van der Waals surface area contributed by atoms with Crippen LogP contribution < -0.4 is 96.5 Å². The first-order valence-corrected chi connectivity index (χ1v) is 42.8. The van der Waals surface area contributed by atoms with Gasteiger partial charge in [-0.1, -0.05) is 124 Å². The number of benzene rings is 5. The first-order chi connectivity index (χ1) is 60.7. The number of fused-ring (bicyclic) bond motifs is 1. The molecule has 3 saturated heterocycles. The van der Waals surface area contributed by atoms with Crippen LogP contribution >= 0.6 is 11.6 Å². The van der Waals surface area contributed by atoms with Gasteiger partial charge in [-0.2, -0.15) is 0 Å². The number of nitrogens with two attached hydrogens (primary N) is 2. The predicted molar refractivity (Wildman–Crippen MR) is 471 cm³/mol. The summed E-state index contributed by atoms with van der Waals surface area (Å²) in [7, 11) is 0. The van der Waals surface area contributed by atoms with E-state index in [0.717, 1.165) is 23.6 Å². The number of carbonyl (C=O) groups is 16. The van der Waals surface area contributed by atoms with E-state index in [1.54, 1.807) is 73.3 Å². The van der Waals surface area contributed by atoms with Crippen LogP contribution in [0.4, 0.5) is 30.6 Å². The Bertz CT molecular complexity index is 4860. The first-order valence-electron chi connectivity index (χ1n) is 42.5. The maximum Gasteiger partial charge on any atom is 0.322 e. The Hall–Kier alpha value is -13.4. The molecule has 20 amide bonds. The zero-order valence-corrected chi connectivity index (χ0v) is 72.2. The summed E-state index contributed by atoms with van der Waals surface area (Å²) in [6.45, 7) is 9.92. The van der Waals surface area contributed by atoms with Gasteiger partial charge in [0.1, 0.15) is 66.5 Å². The minimum Gasteiger partial charge on any atom is -0.394 e. The second-order valence-corrected chi connectivity index (χ2v) is 32.8. The third kappa shape index (κ3) is 31.1. The lowest BCUT2D eigenvalue weighted by atomic mass is 9.99. The summed E-state index contributed by atoms with van der Waals surface area (Å²) in [5.74, 6) is -10.7. The fourth-order valence-corrected chi connectivity index (χ4v) is 14.8. The zero-order chi connectivity index (χ0) is 91.8. The van der Waals surface area contributed by atoms with E-state index in [2.05, 4.69) is 90.1 Å². The summed E-state index contributed by atoms with van der Waals surface area (Å²) in [6.07, 6.45) is 4.52. The SMILES string of the molecule is CC(C)C[C@H](NC(=O)[C@@H](Cc1ccc(NC(=O)NCCNC(=O)N2CCCC2)cc1)NC(=O)[C@H](Cc1ccc(NC(=O)C2CC(=O)NC(=O)N2)cc1)NC(=O)[C@H](CO)NC(=O)[C@@H](Cc1cccnc1)NC(=O)[C@@H](Cc1ccc(Cl)cc1)NC(=O)[C@@H](Cc1ccc2ccccc2c1)NC(N)=O)C(=O)N[C@@H](CCCCNC(C)C)C(=O)N1CCC[C@H]1C(=O)N[C@H](C)C(N)=O. The zero-order valence-electron chi connectivity index (χ0n) is 71.5. The molecule has 4 heterocycles. The van der Waals surface area contributed by atoms with E-state index in [0.29, 0.717) is 66.2 Å². The number of primary amides is 2. The van der Waals surface area contributed by atoms with Gasteiger partial charge in [0.15, 0.2) is 0 Å². The number of halogens is 1. The van der Waals surface area contributed by atoms with E-state index in [1.165, 1.54) is 60.6 Å². The van der Waals surface area contributed by atoms with Gasteiger partial charge in [0.2, 0.25) is 70.9 Å². The molecule has 1 aromatic heterocycles. The molecule has 6 aromatic rings. The summed E-state index contributed by atoms with van der Waals surface area (Å²) in [5, 5.41) is 55.9. The van der Waals surface area contributed by atoms with Gasteiger partial charge in [-0.25, -0.2) is 19.2 Å². The molecule has 21 N–H and O–H groups in total. The Morgan fingerprint density at radius 1 is 0.512 bits per heavy atom. The molecule has 680 valence electrons. The van der Waals surface area contributed by atoms with Gasteiger partial charge in [-0.3, -0.25) is 67.8 Å². The van der Waals surface area contributed by atoms with E-state index in [1.807, 2.05) is 50.2 Å². The number of rotatable bonds is 44. The largest absolute Gasteiger partial charge is 0.394 e. The Morgan fingerprint density at radius 3 is 1.56 bits per heavy atom. The number of hydrogen-bond donors (Lipinski definition) is 19. The topological polar surface area (TPSA) is 557 Å². The highest BCUT2D eigenvalue weighted by atomic mass is 35.5. The van der Waals surface area contributed by atoms with E-state index in [9.17, 15) is 53.1 Å². The van der Waals surface area contributed by atoms with Gasteiger partial charge in [0.05, 0.1) is 13.0 Å². The van der Waals surface area contributed by atoms with Crippen molar-refractivity contribution in [2.75, 3.05) is 56.5 Å². The Labute approximate surface area is 739 Å². The summed E-state index contributed by atoms with van der Waals surface area (Å²) in [6, 6.07) is 15.7. The molecule has 3 aliphatic rings. The maximum atomic E-state index is 15.6. The van der Waals surface area contributed by atoms with Crippen molar-refractivity contribution in [3.05, 3.63) is 173 Å². The molecule has 0 saturated carbocycles. The highest BCUT2D eigenvalue weighted by Crippen LogP contribution is 2.24. The van der Waals surface area contributed by atoms with Gasteiger partial charge in [0, 0.05) is 99.7 Å². The number of hydrogen-bond acceptors (Lipinski definition) is 19. The van der Waals surface area contributed by atoms with Gasteiger partial charge in [-0.15, -0.1) is 0 Å². The molecule has 3 aliphatic heterocycles. The summed E-state index contributed by atoms with van der Waals surface area (Å²) >= 11 is 6.28. The molecule has 1 unspecified atom stereocenters. The van der Waals surface area contributed by atoms with Crippen molar-refractivity contribution in [3.63, 3.8) is 0 Å². The van der Waals surface area contributed by atoms with Crippen LogP contribution in [0, 0.1) is 5.92 Å². The highest BCUT2D eigenvalue weighted by Gasteiger charge is 2.41. The molecule has 0 radical (unpaired) electrons. The third-order valence-corrected chi connectivity index (χ3v) is 21.7. The molecule has 0 bridgehead atoms. The van der Waals surface area contributed by atoms with Crippen LogP contribution in [0.3, 0.4) is 0 Å². The molecule has 9 rings (SSSR count). The lowest BCUT2D eigenvalue weighted by Crippen LogP contribution is -2.62. The second kappa shape index (κ2) is 48.2. The predicted octanol–water partition coefficient (Wildman–Crippen LogP) is 1.48. The number of carbonyl (C=O) groups excluding carboxylic acids is 16. The molecule has 0 spiro atoms. The van der Waals surface area contributed by atoms with Crippen LogP contribution in [0.1, 0.15) is 120 Å². The van der Waals surface area contributed by atoms with Crippen molar-refractivity contribution < 1.29 is 81.8 Å². The van der Waals surface area contributed by atoms with Crippen molar-refractivity contribution in [1.29, 1.82) is 0 Å². The van der Waals surface area contributed by atoms with E-state index in [-0.39, 0.29) is 106 Å². The average molecular weight is 1770 g/mol. The highest BCUT2D eigenvalue weighted by molar-refractivity contribution is 6.30. The van der Waals surface area contributed by atoms with E-state index < -0.39 is 168 Å². The van der Waals surface area contributed by atoms with Crippen molar-refractivity contribution in [2.45, 2.75) is 197 Å². The monoisotopic (exact) mass is 1770 g/mol. The molecule has 39 heteroatoms. The molecule has 127 heavy (non-hydrogen) atoms. The Kier molecular flexibility index (Phi) is 37.0. The van der Waals surface area contributed by atoms with Crippen molar-refractivity contribution in [2.24, 2.45) is 17.4 Å². The standard InChI is InChI=1S/C88H114ClN21O17/c1-50(2)40-64(76(115)99-63(17-8-9-34-93-51(3)4)84(123)110-39-13-18-72(110)83(122)96-52(5)74(90)113)100-77(116)66(43-55-24-31-62(32-25-55)98-86(125)94-35-36-95-88(127)109-37-10-11-38-109)101-79(118)67(44-54-22-29-61(30-23-54)97-75(114)70-47-73(112)108-87(126)107-70)104-82(121)71(49-111)105-80(119)68(46-57-14-12-33-92-48-57)103-78(117)65(42-53-20-27-60(89)28-21-53)102-81(120)69(106-85(91)124)45-56-19-26-58-15-6-7-16-59(58)41-56/h6-7,12,14-16,19-33,41,48,50-52,63-72,93,111H,8-11,13,17-18,34-40,42-47,49H2,1-5H3,(H2,90,113)(H,95,127)(H,96,122)(H,97,114)(H,99,115)(H,100,116)(H,101,118)(H,102,120)(H,103,117)(H,104,121)(H,105,119)(H3,91,106,124)(H2,94,98,125)(H2,107,108,112,126)/t52-,63+,64+,65-,66-,67+,68-,69-,70?,71+,72+/m1/s1. The second-order valence-electron chi connectivity index (χ2n) is 32.4. The fourth-order valence-electron chi connectivity index (χ4n) is 14.7. The third-order valence-electron chi connectivity index (χ3n) is 21.5. The number of urea groups is 4. The number of aliphatic hydroxyl groups is 1. The van der Waals surface area contributed by atoms with Crippen LogP contribution in [-0.4, -0.2) is 233 Å². The summed E-state index contributed by atoms with van der Waals surface area (Å²) in [5.41, 5.74) is 13.7. The number of likely N-dealkylation sites (tertiary alicyclic amines) is 2. The fraction of sp³-hybridized carbons (Fsp3) is 0.443. The number of pyridine rings is 1. The van der Waals surface area contributed by atoms with Crippen LogP contribution in [0.15, 0.2) is 140 Å². The number of aromatic nitrogens is 1. The van der Waals surface area contributed by atoms with Crippen LogP contribution in [-0.2, 0) is 89.6 Å². The first kappa shape index (κ1) is 97.4. The number of nitrogens with zero attached hydrogens (tertiary/aromatic N) is 3. The smallest absolute Gasteiger partial charge is 0.322 e. The molecule has 3 fully saturated rings. The number of anilines is 2. The lowest BCUT2D eigenvalue weighted by Gasteiger charge is -2.31. The summed E-state index contributed by atoms with van der Waals surface area (Å²) < 4.78 is 0. The van der Waals surface area contributed by atoms with Crippen molar-refractivity contribution in [3.8, 4) is 0 Å². The number of nitrogens with one attached hydrogen (secondary N) is 16. The molecule has 38 nitrogen and oxygen atoms in total. The lowest BCUT2D eigenvalue weighted by molar-refractivity contribution is -0.142. The number of unbranched alkanes of at least 4 members (excludes halogenated alkanes) is 1. The average Bonchev–Trinajstić information content (AvgIpc) is 1.76. The molecule has 5 aromatic carbocycles. The van der Waals surface area contributed by atoms with Crippen LogP contribution in [0.25, 0.3) is 10.8 Å². The number of amides is 20. The van der Waals surface area contributed by atoms with E-state index in [4.69, 9.17) is 23.1 Å². The van der Waals surface area contributed by atoms with Crippen LogP contribution in [0.2, 0.25) is 5.02 Å². The quantitative estimate of drug-likeness (QED) is 0.0241. The van der Waals surface area contributed by atoms with E-state index >= 15 is 28.8 Å². The minimum atomic E-state index is -1.95. The van der Waals surface area contributed by atoms with Crippen LogP contribution in [0.5, 0.6) is 0 Å². The molecule has 0 aliphatic carbocycles. The van der Waals surface area contributed by atoms with Gasteiger partial charge in [-0.05, 0) is 152 Å². The maximum absolute atomic E-state index is 15.6. The minimum absolute atomic E-state index is 0.0460. The Morgan fingerprint density at radius 2 is 1.02 bits per heavy atom. The molecular formula is C88H114ClN21O17. The Balaban J connectivity index is 1.02. The number of aliphatic hydroxyl groups excluding tert-OH is 1. The van der Waals surface area contributed by atoms with Crippen molar-refractivity contribution >= 4 is 129 Å². The van der Waals surface area contributed by atoms with Gasteiger partial charge >= 0.3 is 24.1 Å². The normalized spacial score (nSPS) is 16.4. The molecule has 11 atom stereocenters. The van der Waals surface area contributed by atoms with Crippen molar-refractivity contribution in [1.82, 2.24) is 89.2 Å². The number of imide groups is 1.